The molecule has 0 aromatic rings. The van der Waals surface area contributed by atoms with Crippen LogP contribution >= 0.6 is 0 Å². The second-order valence-electron chi connectivity index (χ2n) is 2.12. The molecule has 0 aromatic heterocycles. The molecule has 0 spiro atoms. The molecule has 0 aliphatic carbocycles. The molecule has 2 N–H and O–H groups in total. The Bertz CT molecular complexity index is 68.0. The summed E-state index contributed by atoms with van der Waals surface area (Å²) in [5.41, 5.74) is 5.58. The van der Waals surface area contributed by atoms with Gasteiger partial charge in [-0.05, 0) is 7.05 Å². The Labute approximate surface area is 63.1 Å². The summed E-state index contributed by atoms with van der Waals surface area (Å²) in [5, 5.41) is 0. The van der Waals surface area contributed by atoms with Crippen molar-refractivity contribution < 1.29 is 4.74 Å². The van der Waals surface area contributed by atoms with Crippen LogP contribution in [0.15, 0.2) is 0 Å². The summed E-state index contributed by atoms with van der Waals surface area (Å²) in [5.74, 6) is 0. The van der Waals surface area contributed by atoms with Gasteiger partial charge in [-0.2, -0.15) is 0 Å². The SMILES string of the molecule is CC.CN1CCOCC1N. The first kappa shape index (κ1) is 9.88. The summed E-state index contributed by atoms with van der Waals surface area (Å²) in [6, 6.07) is 0. The third-order valence-corrected chi connectivity index (χ3v) is 1.44. The number of hydrogen-bond donors (Lipinski definition) is 1. The number of likely N-dealkylation sites (N-methyl/N-ethyl adjacent to an activating group) is 1. The van der Waals surface area contributed by atoms with Crippen molar-refractivity contribution >= 4 is 0 Å². The van der Waals surface area contributed by atoms with Crippen LogP contribution in [0.2, 0.25) is 0 Å². The van der Waals surface area contributed by atoms with E-state index in [-0.39, 0.29) is 6.17 Å². The standard InChI is InChI=1S/C5H12N2O.C2H6/c1-7-2-3-8-4-5(7)6;1-2/h5H,2-4,6H2,1H3;1-2H3. The maximum Gasteiger partial charge on any atom is 0.0811 e. The second-order valence-corrected chi connectivity index (χ2v) is 2.12. The molecule has 1 atom stereocenters. The van der Waals surface area contributed by atoms with Crippen LogP contribution in [0.4, 0.5) is 0 Å². The van der Waals surface area contributed by atoms with Crippen molar-refractivity contribution in [2.45, 2.75) is 20.0 Å². The molecule has 1 aliphatic rings. The highest BCUT2D eigenvalue weighted by molar-refractivity contribution is 4.64. The van der Waals surface area contributed by atoms with Gasteiger partial charge in [0.05, 0.1) is 19.4 Å². The lowest BCUT2D eigenvalue weighted by Gasteiger charge is -2.28. The second kappa shape index (κ2) is 5.65. The molecular formula is C7H18N2O. The number of ether oxygens (including phenoxy) is 1. The minimum atomic E-state index is 0.115. The summed E-state index contributed by atoms with van der Waals surface area (Å²) < 4.78 is 5.09. The molecule has 1 saturated heterocycles. The van der Waals surface area contributed by atoms with E-state index in [0.717, 1.165) is 13.2 Å². The summed E-state index contributed by atoms with van der Waals surface area (Å²) >= 11 is 0. The molecule has 1 rings (SSSR count). The molecule has 0 saturated carbocycles. The first-order valence-electron chi connectivity index (χ1n) is 3.84. The third kappa shape index (κ3) is 3.15. The van der Waals surface area contributed by atoms with Gasteiger partial charge in [-0.25, -0.2) is 0 Å². The molecule has 10 heavy (non-hydrogen) atoms. The van der Waals surface area contributed by atoms with Crippen LogP contribution in [0.5, 0.6) is 0 Å². The van der Waals surface area contributed by atoms with Gasteiger partial charge in [-0.15, -0.1) is 0 Å². The van der Waals surface area contributed by atoms with E-state index in [1.54, 1.807) is 0 Å². The Hall–Kier alpha value is -0.120. The number of hydrogen-bond acceptors (Lipinski definition) is 3. The first-order chi connectivity index (χ1) is 4.80. The van der Waals surface area contributed by atoms with Crippen molar-refractivity contribution in [1.82, 2.24) is 4.90 Å². The van der Waals surface area contributed by atoms with E-state index in [1.165, 1.54) is 0 Å². The van der Waals surface area contributed by atoms with E-state index in [4.69, 9.17) is 10.5 Å². The van der Waals surface area contributed by atoms with E-state index in [0.29, 0.717) is 6.61 Å². The Balaban J connectivity index is 0.000000371. The lowest BCUT2D eigenvalue weighted by Crippen LogP contribution is -2.48. The highest BCUT2D eigenvalue weighted by atomic mass is 16.5. The monoisotopic (exact) mass is 146 g/mol. The summed E-state index contributed by atoms with van der Waals surface area (Å²) in [6.07, 6.45) is 0.115. The third-order valence-electron chi connectivity index (χ3n) is 1.44. The molecule has 1 heterocycles. The molecule has 0 amide bonds. The van der Waals surface area contributed by atoms with Gasteiger partial charge in [0, 0.05) is 6.54 Å². The quantitative estimate of drug-likeness (QED) is 0.533. The van der Waals surface area contributed by atoms with E-state index < -0.39 is 0 Å². The lowest BCUT2D eigenvalue weighted by molar-refractivity contribution is 0.00846. The summed E-state index contributed by atoms with van der Waals surface area (Å²) in [6.45, 7) is 6.46. The van der Waals surface area contributed by atoms with Crippen molar-refractivity contribution in [2.24, 2.45) is 5.73 Å². The van der Waals surface area contributed by atoms with Gasteiger partial charge < -0.3 is 10.5 Å². The fourth-order valence-corrected chi connectivity index (χ4v) is 0.706. The van der Waals surface area contributed by atoms with Gasteiger partial charge in [0.15, 0.2) is 0 Å². The number of nitrogens with two attached hydrogens (primary N) is 1. The molecule has 3 heteroatoms. The molecule has 1 unspecified atom stereocenters. The zero-order chi connectivity index (χ0) is 7.98. The van der Waals surface area contributed by atoms with Crippen LogP contribution in [0.25, 0.3) is 0 Å². The van der Waals surface area contributed by atoms with Crippen molar-refractivity contribution in [3.63, 3.8) is 0 Å². The minimum absolute atomic E-state index is 0.115. The average molecular weight is 146 g/mol. The Morgan fingerprint density at radius 2 is 2.10 bits per heavy atom. The highest BCUT2D eigenvalue weighted by Gasteiger charge is 2.13. The van der Waals surface area contributed by atoms with Gasteiger partial charge in [0.25, 0.3) is 0 Å². The predicted octanol–water partition coefficient (Wildman–Crippen LogP) is 0.259. The minimum Gasteiger partial charge on any atom is -0.377 e. The Morgan fingerprint density at radius 3 is 2.40 bits per heavy atom. The van der Waals surface area contributed by atoms with E-state index >= 15 is 0 Å². The number of morpholine rings is 1. The van der Waals surface area contributed by atoms with Gasteiger partial charge in [-0.3, -0.25) is 4.90 Å². The fourth-order valence-electron chi connectivity index (χ4n) is 0.706. The van der Waals surface area contributed by atoms with Gasteiger partial charge >= 0.3 is 0 Å². The van der Waals surface area contributed by atoms with Gasteiger partial charge in [0.1, 0.15) is 0 Å². The Kier molecular flexibility index (Phi) is 5.58. The zero-order valence-corrected chi connectivity index (χ0v) is 7.13. The highest BCUT2D eigenvalue weighted by Crippen LogP contribution is 1.95. The van der Waals surface area contributed by atoms with Crippen molar-refractivity contribution in [1.29, 1.82) is 0 Å². The van der Waals surface area contributed by atoms with Crippen LogP contribution in [0, 0.1) is 0 Å². The molecular weight excluding hydrogens is 128 g/mol. The molecule has 0 radical (unpaired) electrons. The average Bonchev–Trinajstić information content (AvgIpc) is 2.00. The maximum absolute atomic E-state index is 5.58. The van der Waals surface area contributed by atoms with Crippen LogP contribution in [-0.2, 0) is 4.74 Å². The van der Waals surface area contributed by atoms with E-state index in [1.807, 2.05) is 20.9 Å². The number of nitrogens with zero attached hydrogens (tertiary/aromatic N) is 1. The van der Waals surface area contributed by atoms with E-state index in [2.05, 4.69) is 4.90 Å². The van der Waals surface area contributed by atoms with Crippen LogP contribution < -0.4 is 5.73 Å². The molecule has 3 nitrogen and oxygen atoms in total. The smallest absolute Gasteiger partial charge is 0.0811 e. The molecule has 62 valence electrons. The van der Waals surface area contributed by atoms with Crippen molar-refractivity contribution in [3.8, 4) is 0 Å². The molecule has 1 fully saturated rings. The molecule has 0 aromatic carbocycles. The maximum atomic E-state index is 5.58. The number of rotatable bonds is 0. The topological polar surface area (TPSA) is 38.5 Å². The van der Waals surface area contributed by atoms with Crippen molar-refractivity contribution in [2.75, 3.05) is 26.8 Å². The summed E-state index contributed by atoms with van der Waals surface area (Å²) in [7, 11) is 2.01. The van der Waals surface area contributed by atoms with E-state index in [9.17, 15) is 0 Å². The van der Waals surface area contributed by atoms with Crippen LogP contribution in [0.3, 0.4) is 0 Å². The Morgan fingerprint density at radius 1 is 1.50 bits per heavy atom. The predicted molar refractivity (Wildman–Crippen MR) is 42.8 cm³/mol. The molecule has 0 bridgehead atoms. The zero-order valence-electron chi connectivity index (χ0n) is 7.13. The summed E-state index contributed by atoms with van der Waals surface area (Å²) in [4.78, 5) is 2.09. The van der Waals surface area contributed by atoms with Gasteiger partial charge in [0.2, 0.25) is 0 Å². The normalized spacial score (nSPS) is 27.0. The molecule has 1 aliphatic heterocycles. The van der Waals surface area contributed by atoms with Crippen LogP contribution in [0.1, 0.15) is 13.8 Å². The van der Waals surface area contributed by atoms with Crippen LogP contribution in [-0.4, -0.2) is 37.9 Å². The van der Waals surface area contributed by atoms with Gasteiger partial charge in [-0.1, -0.05) is 13.8 Å². The fraction of sp³-hybridized carbons (Fsp3) is 1.00. The first-order valence-corrected chi connectivity index (χ1v) is 3.84. The largest absolute Gasteiger partial charge is 0.377 e. The lowest BCUT2D eigenvalue weighted by atomic mass is 10.4. The van der Waals surface area contributed by atoms with Crippen molar-refractivity contribution in [3.05, 3.63) is 0 Å².